The number of rotatable bonds is 5. The first-order valence-electron chi connectivity index (χ1n) is 5.37. The topological polar surface area (TPSA) is 38.7 Å². The first-order chi connectivity index (χ1) is 7.60. The van der Waals surface area contributed by atoms with Crippen molar-refractivity contribution in [3.63, 3.8) is 0 Å². The Kier molecular flexibility index (Phi) is 4.62. The summed E-state index contributed by atoms with van der Waals surface area (Å²) in [4.78, 5) is 0. The van der Waals surface area contributed by atoms with Crippen LogP contribution < -0.4 is 9.47 Å². The molecule has 16 heavy (non-hydrogen) atoms. The normalized spacial score (nSPS) is 12.6. The fourth-order valence-corrected chi connectivity index (χ4v) is 1.52. The number of hydrogen-bond acceptors (Lipinski definition) is 3. The molecule has 0 heterocycles. The average Bonchev–Trinajstić information content (AvgIpc) is 2.27. The van der Waals surface area contributed by atoms with Gasteiger partial charge in [0.1, 0.15) is 0 Å². The van der Waals surface area contributed by atoms with Gasteiger partial charge in [-0.15, -0.1) is 0 Å². The summed E-state index contributed by atoms with van der Waals surface area (Å²) < 4.78 is 11.0. The quantitative estimate of drug-likeness (QED) is 0.833. The number of aliphatic hydroxyl groups excluding tert-OH is 1. The Morgan fingerprint density at radius 3 is 2.56 bits per heavy atom. The minimum absolute atomic E-state index is 0.0124. The number of methoxy groups -OCH3 is 1. The van der Waals surface area contributed by atoms with Gasteiger partial charge in [-0.25, -0.2) is 0 Å². The van der Waals surface area contributed by atoms with Crippen LogP contribution in [0.2, 0.25) is 0 Å². The third kappa shape index (κ3) is 2.89. The molecule has 1 radical (unpaired) electrons. The average molecular weight is 223 g/mol. The monoisotopic (exact) mass is 223 g/mol. The van der Waals surface area contributed by atoms with Crippen molar-refractivity contribution < 1.29 is 14.6 Å². The van der Waals surface area contributed by atoms with E-state index in [2.05, 4.69) is 6.92 Å². The molecule has 0 aromatic heterocycles. The van der Waals surface area contributed by atoms with E-state index in [1.807, 2.05) is 32.0 Å². The molecule has 0 bridgehead atoms. The lowest BCUT2D eigenvalue weighted by molar-refractivity contribution is 0.228. The lowest BCUT2D eigenvalue weighted by Gasteiger charge is -2.18. The van der Waals surface area contributed by atoms with E-state index in [4.69, 9.17) is 14.6 Å². The van der Waals surface area contributed by atoms with Crippen LogP contribution in [0.15, 0.2) is 18.2 Å². The van der Waals surface area contributed by atoms with Crippen LogP contribution in [0.5, 0.6) is 11.5 Å². The Labute approximate surface area is 97.0 Å². The highest BCUT2D eigenvalue weighted by Gasteiger charge is 2.15. The second kappa shape index (κ2) is 5.75. The van der Waals surface area contributed by atoms with E-state index in [0.29, 0.717) is 11.5 Å². The molecule has 0 aliphatic carbocycles. The second-order valence-corrected chi connectivity index (χ2v) is 3.92. The summed E-state index contributed by atoms with van der Waals surface area (Å²) in [7, 11) is 1.59. The molecular formula is C13H19O3. The summed E-state index contributed by atoms with van der Waals surface area (Å²) in [5.74, 6) is 1.15. The molecule has 1 unspecified atom stereocenters. The van der Waals surface area contributed by atoms with Gasteiger partial charge in [-0.05, 0) is 26.8 Å². The lowest BCUT2D eigenvalue weighted by atomic mass is 10.0. The number of ether oxygens (including phenoxy) is 2. The maximum Gasteiger partial charge on any atom is 0.164 e. The van der Waals surface area contributed by atoms with E-state index >= 15 is 0 Å². The molecule has 1 aromatic rings. The molecule has 0 aliphatic heterocycles. The molecule has 0 aliphatic rings. The first-order valence-corrected chi connectivity index (χ1v) is 5.37. The van der Waals surface area contributed by atoms with Gasteiger partial charge < -0.3 is 14.6 Å². The molecule has 0 spiro atoms. The van der Waals surface area contributed by atoms with E-state index < -0.39 is 0 Å². The van der Waals surface area contributed by atoms with Crippen LogP contribution in [0.1, 0.15) is 25.3 Å². The van der Waals surface area contributed by atoms with Gasteiger partial charge >= 0.3 is 0 Å². The second-order valence-electron chi connectivity index (χ2n) is 3.92. The van der Waals surface area contributed by atoms with Crippen LogP contribution in [0.4, 0.5) is 0 Å². The maximum atomic E-state index is 9.12. The van der Waals surface area contributed by atoms with Crippen LogP contribution in [0.25, 0.3) is 0 Å². The van der Waals surface area contributed by atoms with Gasteiger partial charge in [0.25, 0.3) is 0 Å². The molecule has 1 N–H and O–H groups in total. The largest absolute Gasteiger partial charge is 0.493 e. The van der Waals surface area contributed by atoms with Gasteiger partial charge in [0.2, 0.25) is 0 Å². The highest BCUT2D eigenvalue weighted by Crippen LogP contribution is 2.35. The highest BCUT2D eigenvalue weighted by atomic mass is 16.5. The zero-order valence-electron chi connectivity index (χ0n) is 10.1. The third-order valence-corrected chi connectivity index (χ3v) is 2.24. The summed E-state index contributed by atoms with van der Waals surface area (Å²) in [5, 5.41) is 9.12. The number of hydrogen-bond donors (Lipinski definition) is 1. The molecule has 1 rings (SSSR count). The Bertz CT molecular complexity index is 334. The highest BCUT2D eigenvalue weighted by molar-refractivity contribution is 5.48. The summed E-state index contributed by atoms with van der Waals surface area (Å²) in [6.07, 6.45) is 0.0848. The van der Waals surface area contributed by atoms with Crippen LogP contribution in [0, 0.1) is 6.92 Å². The summed E-state index contributed by atoms with van der Waals surface area (Å²) in [5.41, 5.74) is 0.864. The van der Waals surface area contributed by atoms with Gasteiger partial charge in [0, 0.05) is 11.5 Å². The minimum Gasteiger partial charge on any atom is -0.493 e. The van der Waals surface area contributed by atoms with Crippen molar-refractivity contribution in [1.29, 1.82) is 0 Å². The van der Waals surface area contributed by atoms with E-state index in [0.717, 1.165) is 5.56 Å². The summed E-state index contributed by atoms with van der Waals surface area (Å²) in [6.45, 7) is 7.77. The Morgan fingerprint density at radius 2 is 2.06 bits per heavy atom. The fourth-order valence-electron chi connectivity index (χ4n) is 1.52. The van der Waals surface area contributed by atoms with Gasteiger partial charge in [0.05, 0.1) is 19.8 Å². The number of para-hydroxylation sites is 1. The van der Waals surface area contributed by atoms with Gasteiger partial charge in [-0.2, -0.15) is 0 Å². The molecule has 0 saturated carbocycles. The van der Waals surface area contributed by atoms with E-state index in [1.54, 1.807) is 7.11 Å². The standard InChI is InChI=1S/C13H19O3/c1-9(2)16-12-7-5-6-11(10(3)8-14)13(12)15-4/h5-7,9-10,14H,3,8H2,1-2,4H3. The van der Waals surface area contributed by atoms with Gasteiger partial charge in [0.15, 0.2) is 11.5 Å². The smallest absolute Gasteiger partial charge is 0.164 e. The van der Waals surface area contributed by atoms with Crippen LogP contribution >= 0.6 is 0 Å². The van der Waals surface area contributed by atoms with E-state index in [1.165, 1.54) is 0 Å². The zero-order chi connectivity index (χ0) is 12.1. The molecule has 3 nitrogen and oxygen atoms in total. The maximum absolute atomic E-state index is 9.12. The predicted octanol–water partition coefficient (Wildman–Crippen LogP) is 2.39. The zero-order valence-corrected chi connectivity index (χ0v) is 10.1. The lowest BCUT2D eigenvalue weighted by Crippen LogP contribution is -2.09. The molecular weight excluding hydrogens is 204 g/mol. The summed E-state index contributed by atoms with van der Waals surface area (Å²) >= 11 is 0. The van der Waals surface area contributed by atoms with Crippen molar-refractivity contribution in [2.24, 2.45) is 0 Å². The third-order valence-electron chi connectivity index (χ3n) is 2.24. The Balaban J connectivity index is 3.10. The molecule has 0 saturated heterocycles. The minimum atomic E-state index is -0.203. The van der Waals surface area contributed by atoms with Crippen LogP contribution in [0.3, 0.4) is 0 Å². The number of aliphatic hydroxyl groups is 1. The van der Waals surface area contributed by atoms with Crippen LogP contribution in [-0.2, 0) is 0 Å². The predicted molar refractivity (Wildman–Crippen MR) is 63.9 cm³/mol. The van der Waals surface area contributed by atoms with Crippen molar-refractivity contribution in [2.45, 2.75) is 25.9 Å². The molecule has 0 fully saturated rings. The molecule has 1 aromatic carbocycles. The van der Waals surface area contributed by atoms with E-state index in [9.17, 15) is 0 Å². The first kappa shape index (κ1) is 12.8. The Morgan fingerprint density at radius 1 is 1.38 bits per heavy atom. The van der Waals surface area contributed by atoms with Crippen molar-refractivity contribution >= 4 is 0 Å². The van der Waals surface area contributed by atoms with Crippen molar-refractivity contribution in [3.8, 4) is 11.5 Å². The van der Waals surface area contributed by atoms with Crippen molar-refractivity contribution in [2.75, 3.05) is 13.7 Å². The molecule has 1 atom stereocenters. The van der Waals surface area contributed by atoms with E-state index in [-0.39, 0.29) is 18.6 Å². The summed E-state index contributed by atoms with van der Waals surface area (Å²) in [6, 6.07) is 5.62. The van der Waals surface area contributed by atoms with Crippen LogP contribution in [-0.4, -0.2) is 24.9 Å². The van der Waals surface area contributed by atoms with Gasteiger partial charge in [-0.1, -0.05) is 12.1 Å². The fraction of sp³-hybridized carbons (Fsp3) is 0.462. The van der Waals surface area contributed by atoms with Crippen molar-refractivity contribution in [1.82, 2.24) is 0 Å². The molecule has 89 valence electrons. The molecule has 0 amide bonds. The SMILES string of the molecule is [CH2]C(CO)c1cccc(OC(C)C)c1OC. The van der Waals surface area contributed by atoms with Crippen molar-refractivity contribution in [3.05, 3.63) is 30.7 Å². The van der Waals surface area contributed by atoms with Gasteiger partial charge in [-0.3, -0.25) is 0 Å². The number of benzene rings is 1. The molecule has 3 heteroatoms. The Hall–Kier alpha value is -1.22.